The van der Waals surface area contributed by atoms with Crippen molar-refractivity contribution in [3.05, 3.63) is 30.1 Å². The van der Waals surface area contributed by atoms with Gasteiger partial charge in [-0.3, -0.25) is 4.79 Å². The minimum atomic E-state index is -0.327. The van der Waals surface area contributed by atoms with E-state index in [9.17, 15) is 9.18 Å². The molecule has 0 radical (unpaired) electrons. The number of likely N-dealkylation sites (tertiary alicyclic amines) is 1. The highest BCUT2D eigenvalue weighted by atomic mass is 127. The summed E-state index contributed by atoms with van der Waals surface area (Å²) in [6.45, 7) is 9.15. The minimum Gasteiger partial charge on any atom is -0.357 e. The number of hydrogen-bond donors (Lipinski definition) is 2. The van der Waals surface area contributed by atoms with E-state index in [1.54, 1.807) is 0 Å². The number of nitrogens with one attached hydrogen (secondary N) is 2. The first kappa shape index (κ1) is 20.7. The summed E-state index contributed by atoms with van der Waals surface area (Å²) < 4.78 is 12.8. The van der Waals surface area contributed by atoms with E-state index >= 15 is 0 Å². The molecule has 1 aliphatic rings. The van der Waals surface area contributed by atoms with Crippen molar-refractivity contribution >= 4 is 41.5 Å². The predicted molar refractivity (Wildman–Crippen MR) is 106 cm³/mol. The van der Waals surface area contributed by atoms with Crippen LogP contribution < -0.4 is 10.6 Å². The van der Waals surface area contributed by atoms with Gasteiger partial charge in [0.05, 0.1) is 0 Å². The topological polar surface area (TPSA) is 56.7 Å². The first-order chi connectivity index (χ1) is 10.9. The summed E-state index contributed by atoms with van der Waals surface area (Å²) >= 11 is 0. The van der Waals surface area contributed by atoms with Gasteiger partial charge in [-0.2, -0.15) is 0 Å². The molecule has 5 nitrogen and oxygen atoms in total. The van der Waals surface area contributed by atoms with Crippen molar-refractivity contribution in [2.24, 2.45) is 10.4 Å². The van der Waals surface area contributed by atoms with Crippen LogP contribution in [-0.2, 0) is 4.79 Å². The molecule has 0 unspecified atom stereocenters. The summed E-state index contributed by atoms with van der Waals surface area (Å²) in [5.41, 5.74) is 0.839. The van der Waals surface area contributed by atoms with Gasteiger partial charge in [0.15, 0.2) is 5.96 Å². The number of amides is 1. The summed E-state index contributed by atoms with van der Waals surface area (Å²) in [6, 6.07) is 5.70. The highest BCUT2D eigenvalue weighted by Crippen LogP contribution is 2.28. The number of benzene rings is 1. The van der Waals surface area contributed by atoms with Crippen LogP contribution in [0.2, 0.25) is 0 Å². The number of carbonyl (C=O) groups is 1. The Hall–Kier alpha value is -1.38. The molecule has 1 aromatic rings. The second kappa shape index (κ2) is 9.19. The average molecular weight is 448 g/mol. The van der Waals surface area contributed by atoms with E-state index in [2.05, 4.69) is 34.4 Å². The van der Waals surface area contributed by atoms with E-state index in [0.717, 1.165) is 32.0 Å². The maximum atomic E-state index is 12.8. The summed E-state index contributed by atoms with van der Waals surface area (Å²) in [7, 11) is 0. The molecule has 0 aromatic heterocycles. The highest BCUT2D eigenvalue weighted by molar-refractivity contribution is 14.0. The van der Waals surface area contributed by atoms with Gasteiger partial charge in [-0.05, 0) is 43.0 Å². The molecule has 1 saturated heterocycles. The summed E-state index contributed by atoms with van der Waals surface area (Å²) in [5, 5.41) is 5.95. The quantitative estimate of drug-likeness (QED) is 0.423. The van der Waals surface area contributed by atoms with Crippen LogP contribution in [0.15, 0.2) is 29.3 Å². The van der Waals surface area contributed by atoms with Crippen molar-refractivity contribution in [2.45, 2.75) is 27.2 Å². The Balaban J connectivity index is 0.00000288. The van der Waals surface area contributed by atoms with E-state index < -0.39 is 0 Å². The number of rotatable bonds is 4. The molecule has 24 heavy (non-hydrogen) atoms. The van der Waals surface area contributed by atoms with Crippen LogP contribution in [0.25, 0.3) is 0 Å². The smallest absolute Gasteiger partial charge is 0.246 e. The molecule has 1 amide bonds. The van der Waals surface area contributed by atoms with Gasteiger partial charge in [0.2, 0.25) is 5.91 Å². The fourth-order valence-electron chi connectivity index (χ4n) is 2.60. The van der Waals surface area contributed by atoms with E-state index in [1.165, 1.54) is 24.3 Å². The van der Waals surface area contributed by atoms with Crippen LogP contribution in [0.4, 0.5) is 10.1 Å². The summed E-state index contributed by atoms with van der Waals surface area (Å²) in [5.74, 6) is 0.227. The molecule has 1 heterocycles. The maximum Gasteiger partial charge on any atom is 0.246 e. The third-order valence-corrected chi connectivity index (χ3v) is 3.81. The van der Waals surface area contributed by atoms with Gasteiger partial charge >= 0.3 is 0 Å². The SMILES string of the molecule is CCNC(=NCC(=O)Nc1ccc(F)cc1)N1CCC(C)(C)C1.I. The number of nitrogens with zero attached hydrogens (tertiary/aromatic N) is 2. The molecule has 2 rings (SSSR count). The highest BCUT2D eigenvalue weighted by Gasteiger charge is 2.30. The molecular weight excluding hydrogens is 422 g/mol. The van der Waals surface area contributed by atoms with Gasteiger partial charge < -0.3 is 15.5 Å². The van der Waals surface area contributed by atoms with Gasteiger partial charge in [0, 0.05) is 25.3 Å². The molecule has 2 N–H and O–H groups in total. The van der Waals surface area contributed by atoms with Crippen LogP contribution in [0, 0.1) is 11.2 Å². The molecule has 0 spiro atoms. The third-order valence-electron chi connectivity index (χ3n) is 3.81. The molecule has 0 atom stereocenters. The van der Waals surface area contributed by atoms with E-state index in [4.69, 9.17) is 0 Å². The molecule has 1 fully saturated rings. The fourth-order valence-corrected chi connectivity index (χ4v) is 2.60. The Morgan fingerprint density at radius 3 is 2.54 bits per heavy atom. The van der Waals surface area contributed by atoms with Crippen molar-refractivity contribution in [1.29, 1.82) is 0 Å². The van der Waals surface area contributed by atoms with Gasteiger partial charge in [0.25, 0.3) is 0 Å². The first-order valence-electron chi connectivity index (χ1n) is 7.98. The van der Waals surface area contributed by atoms with Gasteiger partial charge in [0.1, 0.15) is 12.4 Å². The minimum absolute atomic E-state index is 0. The second-order valence-corrected chi connectivity index (χ2v) is 6.56. The molecule has 1 aliphatic heterocycles. The third kappa shape index (κ3) is 6.26. The lowest BCUT2D eigenvalue weighted by atomic mass is 9.93. The Morgan fingerprint density at radius 1 is 1.33 bits per heavy atom. The largest absolute Gasteiger partial charge is 0.357 e. The maximum absolute atomic E-state index is 12.8. The number of hydrogen-bond acceptors (Lipinski definition) is 2. The number of carbonyl (C=O) groups excluding carboxylic acids is 1. The zero-order valence-electron chi connectivity index (χ0n) is 14.4. The average Bonchev–Trinajstić information content (AvgIpc) is 2.86. The monoisotopic (exact) mass is 448 g/mol. The Kier molecular flexibility index (Phi) is 7.92. The van der Waals surface area contributed by atoms with Crippen LogP contribution in [-0.4, -0.2) is 42.9 Å². The number of aliphatic imine (C=N–C) groups is 1. The van der Waals surface area contributed by atoms with Crippen LogP contribution in [0.3, 0.4) is 0 Å². The Morgan fingerprint density at radius 2 is 2.00 bits per heavy atom. The fraction of sp³-hybridized carbons (Fsp3) is 0.529. The first-order valence-corrected chi connectivity index (χ1v) is 7.98. The van der Waals surface area contributed by atoms with Crippen molar-refractivity contribution in [3.63, 3.8) is 0 Å². The molecule has 0 aliphatic carbocycles. The van der Waals surface area contributed by atoms with Crippen LogP contribution in [0.1, 0.15) is 27.2 Å². The second-order valence-electron chi connectivity index (χ2n) is 6.56. The molecule has 0 bridgehead atoms. The van der Waals surface area contributed by atoms with Gasteiger partial charge in [-0.15, -0.1) is 24.0 Å². The van der Waals surface area contributed by atoms with Crippen molar-refractivity contribution in [3.8, 4) is 0 Å². The zero-order valence-corrected chi connectivity index (χ0v) is 16.8. The predicted octanol–water partition coefficient (Wildman–Crippen LogP) is 3.08. The van der Waals surface area contributed by atoms with E-state index in [0.29, 0.717) is 5.69 Å². The van der Waals surface area contributed by atoms with Crippen molar-refractivity contribution in [1.82, 2.24) is 10.2 Å². The molecule has 1 aromatic carbocycles. The summed E-state index contributed by atoms with van der Waals surface area (Å²) in [6.07, 6.45) is 1.11. The number of guanidine groups is 1. The number of halogens is 2. The lowest BCUT2D eigenvalue weighted by Gasteiger charge is -2.23. The van der Waals surface area contributed by atoms with Crippen LogP contribution >= 0.6 is 24.0 Å². The number of anilines is 1. The van der Waals surface area contributed by atoms with E-state index in [1.807, 2.05) is 6.92 Å². The standard InChI is InChI=1S/C17H25FN4O.HI/c1-4-19-16(22-10-9-17(2,3)12-22)20-11-15(23)21-14-7-5-13(18)6-8-14;/h5-8H,4,9-12H2,1-3H3,(H,19,20)(H,21,23);1H. The van der Waals surface area contributed by atoms with Crippen LogP contribution in [0.5, 0.6) is 0 Å². The molecule has 7 heteroatoms. The van der Waals surface area contributed by atoms with Crippen molar-refractivity contribution < 1.29 is 9.18 Å². The Bertz CT molecular complexity index is 574. The lowest BCUT2D eigenvalue weighted by molar-refractivity contribution is -0.114. The van der Waals surface area contributed by atoms with Crippen molar-refractivity contribution in [2.75, 3.05) is 31.5 Å². The molecular formula is C17H26FIN4O. The molecule has 0 saturated carbocycles. The van der Waals surface area contributed by atoms with Gasteiger partial charge in [-0.1, -0.05) is 13.8 Å². The van der Waals surface area contributed by atoms with Gasteiger partial charge in [-0.25, -0.2) is 9.38 Å². The van der Waals surface area contributed by atoms with E-state index in [-0.39, 0.29) is 47.7 Å². The lowest BCUT2D eigenvalue weighted by Crippen LogP contribution is -2.41. The normalized spacial score (nSPS) is 16.5. The summed E-state index contributed by atoms with van der Waals surface area (Å²) in [4.78, 5) is 18.6. The Labute approximate surface area is 160 Å². The zero-order chi connectivity index (χ0) is 16.9. The molecule has 134 valence electrons.